The third-order valence-corrected chi connectivity index (χ3v) is 5.74. The molecule has 29 heavy (non-hydrogen) atoms. The maximum absolute atomic E-state index is 13.2. The molecular weight excluding hydrogens is 475 g/mol. The van der Waals surface area contributed by atoms with E-state index >= 15 is 0 Å². The SMILES string of the molecule is CC(C)CNC(=O)C(C)N(Cc1ccc(Br)cc1)C(=O)Cc1c(Cl)cccc1Cl. The van der Waals surface area contributed by atoms with Gasteiger partial charge in [0.15, 0.2) is 0 Å². The molecule has 0 aliphatic rings. The second kappa shape index (κ2) is 11.0. The fourth-order valence-electron chi connectivity index (χ4n) is 2.78. The average molecular weight is 500 g/mol. The van der Waals surface area contributed by atoms with Crippen molar-refractivity contribution in [2.24, 2.45) is 5.92 Å². The molecule has 2 aromatic rings. The molecule has 1 atom stereocenters. The summed E-state index contributed by atoms with van der Waals surface area (Å²) in [7, 11) is 0. The van der Waals surface area contributed by atoms with E-state index in [0.717, 1.165) is 10.0 Å². The predicted octanol–water partition coefficient (Wildman–Crippen LogP) is 5.49. The Morgan fingerprint density at radius 3 is 2.17 bits per heavy atom. The van der Waals surface area contributed by atoms with Crippen molar-refractivity contribution in [1.82, 2.24) is 10.2 Å². The molecular formula is C22H25BrCl2N2O2. The summed E-state index contributed by atoms with van der Waals surface area (Å²) in [6.07, 6.45) is 0.0246. The van der Waals surface area contributed by atoms with Crippen LogP contribution < -0.4 is 5.32 Å². The molecule has 2 aromatic carbocycles. The van der Waals surface area contributed by atoms with Gasteiger partial charge in [-0.3, -0.25) is 9.59 Å². The van der Waals surface area contributed by atoms with E-state index < -0.39 is 6.04 Å². The fourth-order valence-corrected chi connectivity index (χ4v) is 3.57. The van der Waals surface area contributed by atoms with Crippen molar-refractivity contribution in [3.05, 3.63) is 68.1 Å². The van der Waals surface area contributed by atoms with Gasteiger partial charge in [-0.05, 0) is 48.2 Å². The molecule has 0 saturated heterocycles. The van der Waals surface area contributed by atoms with Crippen molar-refractivity contribution in [3.8, 4) is 0 Å². The normalized spacial score (nSPS) is 12.0. The number of amides is 2. The van der Waals surface area contributed by atoms with Crippen LogP contribution in [0.1, 0.15) is 31.9 Å². The first-order chi connectivity index (χ1) is 13.7. The van der Waals surface area contributed by atoms with Crippen LogP contribution in [0.2, 0.25) is 10.0 Å². The van der Waals surface area contributed by atoms with Gasteiger partial charge in [-0.25, -0.2) is 0 Å². The number of benzene rings is 2. The number of hydrogen-bond acceptors (Lipinski definition) is 2. The van der Waals surface area contributed by atoms with Crippen LogP contribution in [0.5, 0.6) is 0 Å². The van der Waals surface area contributed by atoms with Gasteiger partial charge in [-0.2, -0.15) is 0 Å². The molecule has 0 radical (unpaired) electrons. The maximum Gasteiger partial charge on any atom is 0.242 e. The lowest BCUT2D eigenvalue weighted by Gasteiger charge is -2.29. The van der Waals surface area contributed by atoms with E-state index in [2.05, 4.69) is 21.2 Å². The van der Waals surface area contributed by atoms with Crippen molar-refractivity contribution < 1.29 is 9.59 Å². The number of rotatable bonds is 8. The zero-order valence-corrected chi connectivity index (χ0v) is 19.8. The number of carbonyl (C=O) groups excluding carboxylic acids is 2. The Bertz CT molecular complexity index is 836. The maximum atomic E-state index is 13.2. The van der Waals surface area contributed by atoms with Gasteiger partial charge in [-0.15, -0.1) is 0 Å². The van der Waals surface area contributed by atoms with Crippen LogP contribution in [0, 0.1) is 5.92 Å². The van der Waals surface area contributed by atoms with Gasteiger partial charge in [-0.1, -0.05) is 71.2 Å². The summed E-state index contributed by atoms with van der Waals surface area (Å²) in [6.45, 7) is 6.65. The minimum Gasteiger partial charge on any atom is -0.354 e. The van der Waals surface area contributed by atoms with Crippen LogP contribution in [0.15, 0.2) is 46.9 Å². The predicted molar refractivity (Wildman–Crippen MR) is 122 cm³/mol. The first-order valence-electron chi connectivity index (χ1n) is 9.43. The molecule has 1 N–H and O–H groups in total. The number of halogens is 3. The second-order valence-corrected chi connectivity index (χ2v) is 9.07. The Hall–Kier alpha value is -1.56. The van der Waals surface area contributed by atoms with E-state index in [1.54, 1.807) is 30.0 Å². The molecule has 156 valence electrons. The summed E-state index contributed by atoms with van der Waals surface area (Å²) in [4.78, 5) is 27.4. The highest BCUT2D eigenvalue weighted by molar-refractivity contribution is 9.10. The molecule has 0 bridgehead atoms. The lowest BCUT2D eigenvalue weighted by Crippen LogP contribution is -2.48. The lowest BCUT2D eigenvalue weighted by molar-refractivity contribution is -0.140. The van der Waals surface area contributed by atoms with Crippen molar-refractivity contribution in [1.29, 1.82) is 0 Å². The standard InChI is InChI=1S/C22H25BrCl2N2O2/c1-14(2)12-26-22(29)15(3)27(13-16-7-9-17(23)10-8-16)21(28)11-18-19(24)5-4-6-20(18)25/h4-10,14-15H,11-13H2,1-3H3,(H,26,29). The molecule has 0 spiro atoms. The molecule has 7 heteroatoms. The van der Waals surface area contributed by atoms with Gasteiger partial charge < -0.3 is 10.2 Å². The Morgan fingerprint density at radius 2 is 1.62 bits per heavy atom. The van der Waals surface area contributed by atoms with Crippen LogP contribution in [0.4, 0.5) is 0 Å². The first kappa shape index (κ1) is 23.7. The van der Waals surface area contributed by atoms with E-state index in [1.165, 1.54) is 0 Å². The number of hydrogen-bond donors (Lipinski definition) is 1. The van der Waals surface area contributed by atoms with Crippen molar-refractivity contribution >= 4 is 50.9 Å². The number of nitrogens with one attached hydrogen (secondary N) is 1. The smallest absolute Gasteiger partial charge is 0.242 e. The zero-order chi connectivity index (χ0) is 21.6. The Labute approximate surface area is 190 Å². The van der Waals surface area contributed by atoms with Gasteiger partial charge in [0.25, 0.3) is 0 Å². The van der Waals surface area contributed by atoms with E-state index in [4.69, 9.17) is 23.2 Å². The van der Waals surface area contributed by atoms with E-state index in [1.807, 2.05) is 38.1 Å². The molecule has 0 aliphatic heterocycles. The highest BCUT2D eigenvalue weighted by Crippen LogP contribution is 2.26. The monoisotopic (exact) mass is 498 g/mol. The van der Waals surface area contributed by atoms with Crippen LogP contribution in [-0.4, -0.2) is 29.3 Å². The first-order valence-corrected chi connectivity index (χ1v) is 11.0. The van der Waals surface area contributed by atoms with Gasteiger partial charge in [0.05, 0.1) is 6.42 Å². The Kier molecular flexibility index (Phi) is 9.00. The molecule has 0 heterocycles. The van der Waals surface area contributed by atoms with Gasteiger partial charge >= 0.3 is 0 Å². The van der Waals surface area contributed by atoms with Crippen LogP contribution in [0.25, 0.3) is 0 Å². The summed E-state index contributed by atoms with van der Waals surface area (Å²) >= 11 is 15.9. The Morgan fingerprint density at radius 1 is 1.03 bits per heavy atom. The number of nitrogens with zero attached hydrogens (tertiary/aromatic N) is 1. The summed E-state index contributed by atoms with van der Waals surface area (Å²) in [5.74, 6) is -0.0757. The van der Waals surface area contributed by atoms with Crippen LogP contribution in [0.3, 0.4) is 0 Å². The quantitative estimate of drug-likeness (QED) is 0.522. The summed E-state index contributed by atoms with van der Waals surface area (Å²) < 4.78 is 0.949. The molecule has 4 nitrogen and oxygen atoms in total. The summed E-state index contributed by atoms with van der Waals surface area (Å²) in [5, 5.41) is 3.78. The molecule has 0 aromatic heterocycles. The third-order valence-electron chi connectivity index (χ3n) is 4.51. The highest BCUT2D eigenvalue weighted by Gasteiger charge is 2.27. The van der Waals surface area contributed by atoms with Crippen LogP contribution >= 0.6 is 39.1 Å². The van der Waals surface area contributed by atoms with Crippen molar-refractivity contribution in [3.63, 3.8) is 0 Å². The molecule has 2 rings (SSSR count). The van der Waals surface area contributed by atoms with Crippen molar-refractivity contribution in [2.45, 2.75) is 39.8 Å². The van der Waals surface area contributed by atoms with Crippen molar-refractivity contribution in [2.75, 3.05) is 6.54 Å². The van der Waals surface area contributed by atoms with Gasteiger partial charge in [0.1, 0.15) is 6.04 Å². The molecule has 0 saturated carbocycles. The second-order valence-electron chi connectivity index (χ2n) is 7.34. The highest BCUT2D eigenvalue weighted by atomic mass is 79.9. The van der Waals surface area contributed by atoms with Crippen LogP contribution in [-0.2, 0) is 22.6 Å². The number of carbonyl (C=O) groups is 2. The minimum atomic E-state index is -0.633. The topological polar surface area (TPSA) is 49.4 Å². The summed E-state index contributed by atoms with van der Waals surface area (Å²) in [5.41, 5.74) is 1.49. The largest absolute Gasteiger partial charge is 0.354 e. The van der Waals surface area contributed by atoms with Gasteiger partial charge in [0, 0.05) is 27.6 Å². The molecule has 0 fully saturated rings. The third kappa shape index (κ3) is 7.02. The molecule has 0 aliphatic carbocycles. The lowest BCUT2D eigenvalue weighted by atomic mass is 10.1. The van der Waals surface area contributed by atoms with E-state index in [-0.39, 0.29) is 18.2 Å². The van der Waals surface area contributed by atoms with Gasteiger partial charge in [0.2, 0.25) is 11.8 Å². The summed E-state index contributed by atoms with van der Waals surface area (Å²) in [6, 6.07) is 12.2. The zero-order valence-electron chi connectivity index (χ0n) is 16.7. The molecule has 1 unspecified atom stereocenters. The van der Waals surface area contributed by atoms with E-state index in [0.29, 0.717) is 34.6 Å². The van der Waals surface area contributed by atoms with E-state index in [9.17, 15) is 9.59 Å². The average Bonchev–Trinajstić information content (AvgIpc) is 2.67. The Balaban J connectivity index is 2.26. The minimum absolute atomic E-state index is 0.0246. The fraction of sp³-hybridized carbons (Fsp3) is 0.364. The molecule has 2 amide bonds.